The van der Waals surface area contributed by atoms with Gasteiger partial charge < -0.3 is 25.4 Å². The SMILES string of the molecule is COC(=O)c1nc(C2SC=CC2NC(=O)c2ccccc2-c2ccccc2C(=O)O)nc(O)c1O. The molecule has 2 unspecified atom stereocenters. The van der Waals surface area contributed by atoms with Crippen LogP contribution in [0, 0.1) is 0 Å². The number of carbonyl (C=O) groups excluding carboxylic acids is 2. The van der Waals surface area contributed by atoms with Gasteiger partial charge in [0.2, 0.25) is 5.75 Å². The smallest absolute Gasteiger partial charge is 0.360 e. The number of nitrogens with zero attached hydrogens (tertiary/aromatic N) is 2. The second kappa shape index (κ2) is 9.85. The standard InChI is InChI=1S/C24H19N3O7S/c1-34-24(33)17-18(28)22(30)27-20(26-17)19-16(10-11-35-19)25-21(29)14-8-4-2-6-12(14)13-7-3-5-9-15(13)23(31)32/h2-11,16,19,28H,1H3,(H,25,29)(H,31,32)(H,26,27,30). The number of hydrogen-bond acceptors (Lipinski definition) is 9. The monoisotopic (exact) mass is 493 g/mol. The Morgan fingerprint density at radius 2 is 1.60 bits per heavy atom. The highest BCUT2D eigenvalue weighted by Crippen LogP contribution is 2.39. The van der Waals surface area contributed by atoms with Crippen LogP contribution in [0.2, 0.25) is 0 Å². The molecule has 1 aliphatic heterocycles. The molecule has 0 bridgehead atoms. The number of thioether (sulfide) groups is 1. The Kier molecular flexibility index (Phi) is 6.69. The number of carboxylic acid groups (broad SMARTS) is 1. The first-order valence-electron chi connectivity index (χ1n) is 10.2. The number of aromatic nitrogens is 2. The molecule has 35 heavy (non-hydrogen) atoms. The summed E-state index contributed by atoms with van der Waals surface area (Å²) in [7, 11) is 1.11. The molecule has 4 N–H and O–H groups in total. The van der Waals surface area contributed by atoms with Gasteiger partial charge in [-0.2, -0.15) is 4.98 Å². The number of rotatable bonds is 6. The lowest BCUT2D eigenvalue weighted by atomic mass is 9.95. The molecule has 2 heterocycles. The predicted octanol–water partition coefficient (Wildman–Crippen LogP) is 3.14. The van der Waals surface area contributed by atoms with Crippen molar-refractivity contribution in [2.45, 2.75) is 11.3 Å². The van der Waals surface area contributed by atoms with Crippen LogP contribution in [0.3, 0.4) is 0 Å². The van der Waals surface area contributed by atoms with E-state index >= 15 is 0 Å². The second-order valence-corrected chi connectivity index (χ2v) is 8.43. The Morgan fingerprint density at radius 3 is 2.26 bits per heavy atom. The van der Waals surface area contributed by atoms with Crippen molar-refractivity contribution in [3.63, 3.8) is 0 Å². The van der Waals surface area contributed by atoms with E-state index in [1.165, 1.54) is 17.8 Å². The van der Waals surface area contributed by atoms with Gasteiger partial charge in [-0.3, -0.25) is 4.79 Å². The minimum Gasteiger partial charge on any atom is -0.501 e. The Labute approximate surface area is 203 Å². The highest BCUT2D eigenvalue weighted by molar-refractivity contribution is 8.02. The first kappa shape index (κ1) is 23.8. The topological polar surface area (TPSA) is 159 Å². The van der Waals surface area contributed by atoms with Crippen LogP contribution in [-0.4, -0.2) is 56.3 Å². The molecule has 0 aliphatic carbocycles. The number of hydrogen-bond donors (Lipinski definition) is 4. The van der Waals surface area contributed by atoms with Crippen LogP contribution in [0.4, 0.5) is 0 Å². The normalized spacial score (nSPS) is 16.6. The summed E-state index contributed by atoms with van der Waals surface area (Å²) >= 11 is 1.25. The van der Waals surface area contributed by atoms with Crippen LogP contribution >= 0.6 is 11.8 Å². The van der Waals surface area contributed by atoms with E-state index in [9.17, 15) is 29.7 Å². The fourth-order valence-corrected chi connectivity index (χ4v) is 4.61. The number of esters is 1. The first-order valence-corrected chi connectivity index (χ1v) is 11.2. The quantitative estimate of drug-likeness (QED) is 0.376. The number of benzene rings is 2. The third kappa shape index (κ3) is 4.66. The van der Waals surface area contributed by atoms with Crippen LogP contribution in [0.5, 0.6) is 11.6 Å². The Bertz CT molecular complexity index is 1360. The van der Waals surface area contributed by atoms with Crippen molar-refractivity contribution in [1.29, 1.82) is 0 Å². The summed E-state index contributed by atoms with van der Waals surface area (Å²) in [5.74, 6) is -4.13. The number of amides is 1. The fraction of sp³-hybridized carbons (Fsp3) is 0.125. The van der Waals surface area contributed by atoms with Gasteiger partial charge in [0.05, 0.1) is 24.0 Å². The minimum absolute atomic E-state index is 0.00510. The number of carbonyl (C=O) groups is 3. The molecule has 1 aromatic heterocycles. The molecule has 1 aliphatic rings. The molecule has 2 atom stereocenters. The molecule has 0 radical (unpaired) electrons. The lowest BCUT2D eigenvalue weighted by Crippen LogP contribution is -2.36. The number of carboxylic acids is 1. The van der Waals surface area contributed by atoms with Crippen molar-refractivity contribution >= 4 is 29.6 Å². The molecule has 3 aromatic rings. The van der Waals surface area contributed by atoms with Gasteiger partial charge in [0.15, 0.2) is 5.69 Å². The van der Waals surface area contributed by atoms with Crippen molar-refractivity contribution in [3.8, 4) is 22.8 Å². The molecule has 178 valence electrons. The highest BCUT2D eigenvalue weighted by atomic mass is 32.2. The highest BCUT2D eigenvalue weighted by Gasteiger charge is 2.33. The average molecular weight is 493 g/mol. The van der Waals surface area contributed by atoms with E-state index in [-0.39, 0.29) is 17.0 Å². The van der Waals surface area contributed by atoms with E-state index in [0.717, 1.165) is 7.11 Å². The fourth-order valence-electron chi connectivity index (χ4n) is 3.62. The summed E-state index contributed by atoms with van der Waals surface area (Å²) in [6, 6.07) is 12.4. The summed E-state index contributed by atoms with van der Waals surface area (Å²) in [6.45, 7) is 0. The Morgan fingerprint density at radius 1 is 0.971 bits per heavy atom. The maximum atomic E-state index is 13.3. The third-order valence-electron chi connectivity index (χ3n) is 5.27. The summed E-state index contributed by atoms with van der Waals surface area (Å²) in [4.78, 5) is 44.8. The van der Waals surface area contributed by atoms with Crippen molar-refractivity contribution < 1.29 is 34.4 Å². The number of ether oxygens (including phenoxy) is 1. The molecule has 0 saturated carbocycles. The maximum Gasteiger partial charge on any atom is 0.360 e. The van der Waals surface area contributed by atoms with Crippen LogP contribution in [-0.2, 0) is 4.74 Å². The van der Waals surface area contributed by atoms with Gasteiger partial charge in [0.25, 0.3) is 11.8 Å². The van der Waals surface area contributed by atoms with Crippen LogP contribution in [0.15, 0.2) is 60.0 Å². The molecular weight excluding hydrogens is 474 g/mol. The lowest BCUT2D eigenvalue weighted by Gasteiger charge is -2.20. The zero-order valence-electron chi connectivity index (χ0n) is 18.2. The molecule has 0 fully saturated rings. The molecule has 1 amide bonds. The van der Waals surface area contributed by atoms with Gasteiger partial charge in [-0.25, -0.2) is 14.6 Å². The van der Waals surface area contributed by atoms with E-state index in [1.54, 1.807) is 53.9 Å². The Balaban J connectivity index is 1.65. The summed E-state index contributed by atoms with van der Waals surface area (Å²) in [5, 5.41) is 33.4. The summed E-state index contributed by atoms with van der Waals surface area (Å²) in [6.07, 6.45) is 1.70. The number of methoxy groups -OCH3 is 1. The zero-order valence-corrected chi connectivity index (χ0v) is 19.0. The third-order valence-corrected chi connectivity index (χ3v) is 6.38. The van der Waals surface area contributed by atoms with Crippen molar-refractivity contribution in [3.05, 3.63) is 82.7 Å². The minimum atomic E-state index is -1.11. The molecular formula is C24H19N3O7S. The van der Waals surface area contributed by atoms with Gasteiger partial charge in [0.1, 0.15) is 5.82 Å². The predicted molar refractivity (Wildman–Crippen MR) is 126 cm³/mol. The van der Waals surface area contributed by atoms with E-state index < -0.39 is 46.5 Å². The van der Waals surface area contributed by atoms with Crippen LogP contribution in [0.25, 0.3) is 11.1 Å². The average Bonchev–Trinajstić information content (AvgIpc) is 3.33. The van der Waals surface area contributed by atoms with E-state index in [4.69, 9.17) is 0 Å². The van der Waals surface area contributed by atoms with Gasteiger partial charge in [-0.15, -0.1) is 11.8 Å². The molecule has 4 rings (SSSR count). The van der Waals surface area contributed by atoms with Gasteiger partial charge in [-0.05, 0) is 28.7 Å². The van der Waals surface area contributed by atoms with Crippen molar-refractivity contribution in [1.82, 2.24) is 15.3 Å². The van der Waals surface area contributed by atoms with Crippen LogP contribution < -0.4 is 5.32 Å². The number of aromatic hydroxyl groups is 2. The van der Waals surface area contributed by atoms with Crippen LogP contribution in [0.1, 0.15) is 42.3 Å². The van der Waals surface area contributed by atoms with Crippen molar-refractivity contribution in [2.75, 3.05) is 7.11 Å². The molecule has 0 spiro atoms. The maximum absolute atomic E-state index is 13.3. The summed E-state index contributed by atoms with van der Waals surface area (Å²) in [5.41, 5.74) is 0.664. The lowest BCUT2D eigenvalue weighted by molar-refractivity contribution is 0.0587. The van der Waals surface area contributed by atoms with E-state index in [2.05, 4.69) is 20.0 Å². The van der Waals surface area contributed by atoms with Crippen molar-refractivity contribution in [2.24, 2.45) is 0 Å². The molecule has 0 saturated heterocycles. The molecule has 10 nitrogen and oxygen atoms in total. The molecule has 11 heteroatoms. The van der Waals surface area contributed by atoms with Gasteiger partial charge in [0, 0.05) is 5.56 Å². The van der Waals surface area contributed by atoms with E-state index in [0.29, 0.717) is 11.1 Å². The first-order chi connectivity index (χ1) is 16.8. The van der Waals surface area contributed by atoms with Gasteiger partial charge >= 0.3 is 11.9 Å². The zero-order chi connectivity index (χ0) is 25.1. The van der Waals surface area contributed by atoms with Gasteiger partial charge in [-0.1, -0.05) is 42.5 Å². The number of nitrogens with one attached hydrogen (secondary N) is 1. The summed E-state index contributed by atoms with van der Waals surface area (Å²) < 4.78 is 4.59. The largest absolute Gasteiger partial charge is 0.501 e. The Hall–Kier alpha value is -4.38. The van der Waals surface area contributed by atoms with E-state index in [1.807, 2.05) is 0 Å². The molecule has 2 aromatic carbocycles. The number of aromatic carboxylic acids is 1. The second-order valence-electron chi connectivity index (χ2n) is 7.37.